The van der Waals surface area contributed by atoms with Gasteiger partial charge in [-0.05, 0) is 36.1 Å². The summed E-state index contributed by atoms with van der Waals surface area (Å²) in [6.07, 6.45) is 2.92. The summed E-state index contributed by atoms with van der Waals surface area (Å²) >= 11 is 1.83. The van der Waals surface area contributed by atoms with Gasteiger partial charge in [-0.2, -0.15) is 11.8 Å². The molecule has 6 N–H and O–H groups in total. The van der Waals surface area contributed by atoms with Gasteiger partial charge in [0.2, 0.25) is 27.7 Å². The van der Waals surface area contributed by atoms with E-state index in [2.05, 4.69) is 31.3 Å². The molecular formula is C42H51N7O6S2. The molecule has 2 aliphatic heterocycles. The summed E-state index contributed by atoms with van der Waals surface area (Å²) in [4.78, 5) is 54.7. The predicted octanol–water partition coefficient (Wildman–Crippen LogP) is 3.48. The molecule has 2 heterocycles. The highest BCUT2D eigenvalue weighted by Gasteiger charge is 2.42. The molecule has 2 aliphatic rings. The number of rotatable bonds is 19. The average Bonchev–Trinajstić information content (AvgIpc) is 3.76. The van der Waals surface area contributed by atoms with Crippen LogP contribution < -0.4 is 36.2 Å². The molecule has 2 fully saturated rings. The van der Waals surface area contributed by atoms with Crippen molar-refractivity contribution in [1.29, 1.82) is 0 Å². The number of amides is 5. The van der Waals surface area contributed by atoms with Crippen LogP contribution in [0.2, 0.25) is 0 Å². The van der Waals surface area contributed by atoms with E-state index in [0.29, 0.717) is 17.1 Å². The van der Waals surface area contributed by atoms with E-state index in [4.69, 9.17) is 0 Å². The maximum atomic E-state index is 14.0. The number of unbranched alkanes of at least 4 members (excludes halogenated alkanes) is 1. The van der Waals surface area contributed by atoms with Crippen LogP contribution in [0, 0.1) is 0 Å². The van der Waals surface area contributed by atoms with Crippen LogP contribution in [-0.2, 0) is 37.2 Å². The van der Waals surface area contributed by atoms with Crippen molar-refractivity contribution in [3.8, 4) is 0 Å². The molecule has 302 valence electrons. The summed E-state index contributed by atoms with van der Waals surface area (Å²) in [5.41, 5.74) is 2.55. The van der Waals surface area contributed by atoms with Crippen LogP contribution in [0.3, 0.4) is 0 Å². The van der Waals surface area contributed by atoms with Gasteiger partial charge in [-0.15, -0.1) is 0 Å². The van der Waals surface area contributed by atoms with E-state index in [1.54, 1.807) is 18.2 Å². The van der Waals surface area contributed by atoms with E-state index in [1.807, 2.05) is 110 Å². The third-order valence-corrected chi connectivity index (χ3v) is 13.3. The Morgan fingerprint density at radius 2 is 1.42 bits per heavy atom. The fourth-order valence-corrected chi connectivity index (χ4v) is 10.2. The van der Waals surface area contributed by atoms with Crippen molar-refractivity contribution < 1.29 is 27.6 Å². The van der Waals surface area contributed by atoms with Crippen molar-refractivity contribution in [2.24, 2.45) is 0 Å². The smallest absolute Gasteiger partial charge is 0.315 e. The Hall–Kier alpha value is -5.12. The number of urea groups is 1. The Kier molecular flexibility index (Phi) is 14.1. The van der Waals surface area contributed by atoms with Crippen LogP contribution in [-0.4, -0.2) is 94.5 Å². The molecule has 5 atom stereocenters. The molecule has 2 saturated heterocycles. The van der Waals surface area contributed by atoms with E-state index in [0.717, 1.165) is 40.8 Å². The number of carbonyl (C=O) groups excluding carboxylic acids is 4. The lowest BCUT2D eigenvalue weighted by Crippen LogP contribution is -2.55. The van der Waals surface area contributed by atoms with Crippen LogP contribution >= 0.6 is 11.8 Å². The van der Waals surface area contributed by atoms with E-state index in [1.165, 1.54) is 0 Å². The third kappa shape index (κ3) is 11.1. The fourth-order valence-electron chi connectivity index (χ4n) is 7.39. The number of thioether (sulfide) groups is 1. The Labute approximate surface area is 338 Å². The zero-order valence-corrected chi connectivity index (χ0v) is 33.8. The van der Waals surface area contributed by atoms with Gasteiger partial charge in [0.15, 0.2) is 0 Å². The predicted molar refractivity (Wildman–Crippen MR) is 225 cm³/mol. The van der Waals surface area contributed by atoms with Gasteiger partial charge in [-0.3, -0.25) is 14.4 Å². The number of nitrogens with zero attached hydrogens (tertiary/aromatic N) is 1. The van der Waals surface area contributed by atoms with Gasteiger partial charge >= 0.3 is 6.03 Å². The molecule has 0 aliphatic carbocycles. The molecule has 0 saturated carbocycles. The van der Waals surface area contributed by atoms with Gasteiger partial charge in [-0.25, -0.2) is 17.9 Å². The lowest BCUT2D eigenvalue weighted by Gasteiger charge is -2.24. The largest absolute Gasteiger partial charge is 0.377 e. The van der Waals surface area contributed by atoms with Gasteiger partial charge in [0.1, 0.15) is 12.1 Å². The molecule has 0 unspecified atom stereocenters. The topological polar surface area (TPSA) is 178 Å². The maximum absolute atomic E-state index is 14.0. The summed E-state index contributed by atoms with van der Waals surface area (Å²) in [5.74, 6) is -0.386. The van der Waals surface area contributed by atoms with E-state index < -0.39 is 33.9 Å². The molecule has 0 spiro atoms. The van der Waals surface area contributed by atoms with Crippen LogP contribution in [0.25, 0.3) is 10.8 Å². The van der Waals surface area contributed by atoms with Crippen molar-refractivity contribution >= 4 is 62.0 Å². The number of carbonyl (C=O) groups is 4. The number of anilines is 1. The zero-order chi connectivity index (χ0) is 40.4. The normalized spacial score (nSPS) is 18.5. The van der Waals surface area contributed by atoms with Crippen LogP contribution in [0.1, 0.15) is 36.8 Å². The summed E-state index contributed by atoms with van der Waals surface area (Å²) in [6, 6.07) is 27.4. The summed E-state index contributed by atoms with van der Waals surface area (Å²) < 4.78 is 29.5. The van der Waals surface area contributed by atoms with Crippen LogP contribution in [0.5, 0.6) is 0 Å². The van der Waals surface area contributed by atoms with Gasteiger partial charge in [-0.1, -0.05) is 91.3 Å². The highest BCUT2D eigenvalue weighted by Crippen LogP contribution is 2.33. The summed E-state index contributed by atoms with van der Waals surface area (Å²) in [6.45, 7) is -0.108. The molecule has 0 radical (unpaired) electrons. The molecule has 0 bridgehead atoms. The van der Waals surface area contributed by atoms with Crippen LogP contribution in [0.15, 0.2) is 102 Å². The Bertz CT molecular complexity index is 2140. The van der Waals surface area contributed by atoms with Gasteiger partial charge in [0, 0.05) is 73.9 Å². The number of sulfonamides is 1. The Balaban J connectivity index is 1.07. The number of benzene rings is 4. The monoisotopic (exact) mass is 813 g/mol. The fraction of sp³-hybridized carbons (Fsp3) is 0.381. The first-order chi connectivity index (χ1) is 27.5. The highest BCUT2D eigenvalue weighted by atomic mass is 32.2. The lowest BCUT2D eigenvalue weighted by molar-refractivity contribution is -0.132. The number of hydrogen-bond donors (Lipinski definition) is 6. The second-order valence-electron chi connectivity index (χ2n) is 14.6. The molecule has 4 aromatic carbocycles. The van der Waals surface area contributed by atoms with Crippen molar-refractivity contribution in [3.63, 3.8) is 0 Å². The van der Waals surface area contributed by atoms with Gasteiger partial charge < -0.3 is 31.5 Å². The Morgan fingerprint density at radius 1 is 0.772 bits per heavy atom. The van der Waals surface area contributed by atoms with Crippen LogP contribution in [0.4, 0.5) is 10.5 Å². The van der Waals surface area contributed by atoms with Crippen molar-refractivity contribution in [2.45, 2.75) is 72.8 Å². The standard InChI is InChI=1S/C42H51N7O6S2/c1-49(2)35-19-11-18-31-30(35)17-12-21-37(31)57(54,55)44-24-23-43-40(51)32(25-28-13-5-3-6-14-28)46-41(52)33(26-29-15-7-4-8-16-29)45-38(50)22-10-9-20-36-39-34(27-56-36)47-42(53)48-39/h3-8,11-19,21,32-34,36,39,44H,9-10,20,22-27H2,1-2H3,(H,43,51)(H,45,50)(H,46,52)(H2,47,48,53)/t32-,33-,34+,36+,39+/m0/s1. The van der Waals surface area contributed by atoms with Crippen molar-refractivity contribution in [2.75, 3.05) is 37.8 Å². The minimum absolute atomic E-state index is 0.0270. The molecule has 5 amide bonds. The quantitative estimate of drug-likeness (QED) is 0.0616. The maximum Gasteiger partial charge on any atom is 0.315 e. The average molecular weight is 814 g/mol. The highest BCUT2D eigenvalue weighted by molar-refractivity contribution is 8.00. The summed E-state index contributed by atoms with van der Waals surface area (Å²) in [7, 11) is -0.139. The van der Waals surface area contributed by atoms with Crippen molar-refractivity contribution in [3.05, 3.63) is 108 Å². The molecular weight excluding hydrogens is 763 g/mol. The number of fused-ring (bicyclic) bond motifs is 2. The van der Waals surface area contributed by atoms with Gasteiger partial charge in [0.05, 0.1) is 17.0 Å². The zero-order valence-electron chi connectivity index (χ0n) is 32.2. The first-order valence-electron chi connectivity index (χ1n) is 19.3. The molecule has 0 aromatic heterocycles. The van der Waals surface area contributed by atoms with E-state index in [-0.39, 0.29) is 61.3 Å². The molecule has 15 heteroatoms. The minimum Gasteiger partial charge on any atom is -0.377 e. The lowest BCUT2D eigenvalue weighted by atomic mass is 10.0. The van der Waals surface area contributed by atoms with E-state index >= 15 is 0 Å². The van der Waals surface area contributed by atoms with Crippen molar-refractivity contribution in [1.82, 2.24) is 31.3 Å². The molecule has 6 rings (SSSR count). The molecule has 57 heavy (non-hydrogen) atoms. The minimum atomic E-state index is -3.93. The number of nitrogens with one attached hydrogen (secondary N) is 6. The first-order valence-corrected chi connectivity index (χ1v) is 21.8. The number of hydrogen-bond acceptors (Lipinski definition) is 8. The van der Waals surface area contributed by atoms with E-state index in [9.17, 15) is 27.6 Å². The SMILES string of the molecule is CN(C)c1cccc2c(S(=O)(=O)NCCNC(=O)[C@H](Cc3ccccc3)NC(=O)[C@H](Cc3ccccc3)NC(=O)CCCC[C@H]3SC[C@H]4NC(=O)N[C@H]43)cccc12. The second kappa shape index (κ2) is 19.4. The third-order valence-electron chi connectivity index (χ3n) is 10.3. The second-order valence-corrected chi connectivity index (χ2v) is 17.6. The first kappa shape index (κ1) is 41.5. The molecule has 4 aromatic rings. The molecule has 13 nitrogen and oxygen atoms in total. The van der Waals surface area contributed by atoms with Gasteiger partial charge in [0.25, 0.3) is 0 Å². The summed E-state index contributed by atoms with van der Waals surface area (Å²) in [5, 5.41) is 16.2. The Morgan fingerprint density at radius 3 is 2.11 bits per heavy atom.